The highest BCUT2D eigenvalue weighted by Crippen LogP contribution is 2.34. The van der Waals surface area contributed by atoms with Crippen LogP contribution in [0.2, 0.25) is 0 Å². The standard InChI is InChI=1S/C28H36N4O2/c1-19-17-24(11-14-29-19)32-15-12-23(13-16-32)31(2)28(34)22-7-9-25-21(18-22)8-10-26(25)30-27(33)20-5-3-4-6-20/h7,9,11,14,17-18,20,23,26H,3-6,8,10,12-13,15-16H2,1-2H3,(H,30,33). The van der Waals surface area contributed by atoms with Crippen LogP contribution in [0.3, 0.4) is 0 Å². The molecule has 0 radical (unpaired) electrons. The van der Waals surface area contributed by atoms with Crippen LogP contribution in [0, 0.1) is 12.8 Å². The van der Waals surface area contributed by atoms with Gasteiger partial charge in [0, 0.05) is 55.2 Å². The lowest BCUT2D eigenvalue weighted by Crippen LogP contribution is -2.45. The normalized spacial score (nSPS) is 20.9. The third-order valence-electron chi connectivity index (χ3n) is 8.09. The second-order valence-electron chi connectivity index (χ2n) is 10.3. The van der Waals surface area contributed by atoms with Crippen molar-refractivity contribution in [2.24, 2.45) is 5.92 Å². The Balaban J connectivity index is 1.19. The van der Waals surface area contributed by atoms with Crippen molar-refractivity contribution in [3.05, 3.63) is 58.9 Å². The molecule has 1 saturated heterocycles. The number of hydrogen-bond acceptors (Lipinski definition) is 4. The number of aryl methyl sites for hydroxylation is 2. The second kappa shape index (κ2) is 9.77. The third kappa shape index (κ3) is 4.68. The van der Waals surface area contributed by atoms with Crippen LogP contribution in [-0.4, -0.2) is 47.9 Å². The maximum Gasteiger partial charge on any atom is 0.253 e. The van der Waals surface area contributed by atoms with Gasteiger partial charge in [0.25, 0.3) is 5.91 Å². The zero-order valence-electron chi connectivity index (χ0n) is 20.4. The van der Waals surface area contributed by atoms with E-state index >= 15 is 0 Å². The molecule has 1 aromatic heterocycles. The van der Waals surface area contributed by atoms with Gasteiger partial charge in [-0.1, -0.05) is 18.9 Å². The van der Waals surface area contributed by atoms with Gasteiger partial charge in [-0.15, -0.1) is 0 Å². The highest BCUT2D eigenvalue weighted by molar-refractivity contribution is 5.94. The van der Waals surface area contributed by atoms with Crippen molar-refractivity contribution in [3.8, 4) is 0 Å². The molecule has 2 aromatic rings. The molecule has 5 rings (SSSR count). The van der Waals surface area contributed by atoms with E-state index in [1.165, 1.54) is 29.7 Å². The van der Waals surface area contributed by atoms with E-state index in [2.05, 4.69) is 39.5 Å². The van der Waals surface area contributed by atoms with Gasteiger partial charge < -0.3 is 15.1 Å². The van der Waals surface area contributed by atoms with Crippen LogP contribution >= 0.6 is 0 Å². The Hall–Kier alpha value is -2.89. The average molecular weight is 461 g/mol. The maximum absolute atomic E-state index is 13.3. The summed E-state index contributed by atoms with van der Waals surface area (Å²) in [5.74, 6) is 0.496. The Labute approximate surface area is 202 Å². The van der Waals surface area contributed by atoms with Gasteiger partial charge in [-0.05, 0) is 80.8 Å². The van der Waals surface area contributed by atoms with E-state index < -0.39 is 0 Å². The molecule has 2 aliphatic carbocycles. The van der Waals surface area contributed by atoms with Crippen molar-refractivity contribution >= 4 is 17.5 Å². The first kappa shape index (κ1) is 22.9. The minimum Gasteiger partial charge on any atom is -0.371 e. The van der Waals surface area contributed by atoms with Crippen LogP contribution in [0.15, 0.2) is 36.5 Å². The molecule has 34 heavy (non-hydrogen) atoms. The highest BCUT2D eigenvalue weighted by atomic mass is 16.2. The van der Waals surface area contributed by atoms with Gasteiger partial charge in [0.15, 0.2) is 0 Å². The van der Waals surface area contributed by atoms with E-state index in [0.29, 0.717) is 0 Å². The number of pyridine rings is 1. The molecule has 2 fully saturated rings. The van der Waals surface area contributed by atoms with Gasteiger partial charge in [-0.2, -0.15) is 0 Å². The molecule has 0 bridgehead atoms. The summed E-state index contributed by atoms with van der Waals surface area (Å²) in [5, 5.41) is 3.28. The molecule has 1 N–H and O–H groups in total. The van der Waals surface area contributed by atoms with E-state index in [-0.39, 0.29) is 29.8 Å². The number of piperidine rings is 1. The Morgan fingerprint density at radius 3 is 2.53 bits per heavy atom. The zero-order chi connectivity index (χ0) is 23.7. The smallest absolute Gasteiger partial charge is 0.253 e. The van der Waals surface area contributed by atoms with Crippen molar-refractivity contribution in [1.29, 1.82) is 0 Å². The van der Waals surface area contributed by atoms with Crippen LogP contribution in [-0.2, 0) is 11.2 Å². The molecule has 6 heteroatoms. The molecule has 1 atom stereocenters. The second-order valence-corrected chi connectivity index (χ2v) is 10.3. The molecular formula is C28H36N4O2. The van der Waals surface area contributed by atoms with E-state index in [0.717, 1.165) is 62.9 Å². The fraction of sp³-hybridized carbons (Fsp3) is 0.536. The quantitative estimate of drug-likeness (QED) is 0.717. The number of carbonyl (C=O) groups excluding carboxylic acids is 2. The molecule has 3 aliphatic rings. The summed E-state index contributed by atoms with van der Waals surface area (Å²) >= 11 is 0. The fourth-order valence-corrected chi connectivity index (χ4v) is 5.99. The molecule has 2 heterocycles. The summed E-state index contributed by atoms with van der Waals surface area (Å²) in [5.41, 5.74) is 5.40. The van der Waals surface area contributed by atoms with Crippen molar-refractivity contribution in [3.63, 3.8) is 0 Å². The predicted molar refractivity (Wildman–Crippen MR) is 134 cm³/mol. The Kier molecular flexibility index (Phi) is 6.57. The summed E-state index contributed by atoms with van der Waals surface area (Å²) in [6.45, 7) is 3.90. The molecule has 180 valence electrons. The molecular weight excluding hydrogens is 424 g/mol. The van der Waals surface area contributed by atoms with E-state index in [9.17, 15) is 9.59 Å². The molecule has 0 spiro atoms. The number of carbonyl (C=O) groups is 2. The van der Waals surface area contributed by atoms with E-state index in [1.807, 2.05) is 31.1 Å². The largest absolute Gasteiger partial charge is 0.371 e. The van der Waals surface area contributed by atoms with Gasteiger partial charge >= 0.3 is 0 Å². The van der Waals surface area contributed by atoms with Crippen molar-refractivity contribution in [2.75, 3.05) is 25.0 Å². The summed E-state index contributed by atoms with van der Waals surface area (Å²) < 4.78 is 0. The lowest BCUT2D eigenvalue weighted by Gasteiger charge is -2.38. The molecule has 1 aliphatic heterocycles. The van der Waals surface area contributed by atoms with Crippen molar-refractivity contribution in [2.45, 2.75) is 70.4 Å². The number of nitrogens with zero attached hydrogens (tertiary/aromatic N) is 3. The van der Waals surface area contributed by atoms with Gasteiger partial charge in [-0.3, -0.25) is 14.6 Å². The van der Waals surface area contributed by atoms with Crippen LogP contribution in [0.4, 0.5) is 5.69 Å². The summed E-state index contributed by atoms with van der Waals surface area (Å²) in [6.07, 6.45) is 10.0. The number of fused-ring (bicyclic) bond motifs is 1. The Morgan fingerprint density at radius 2 is 1.79 bits per heavy atom. The van der Waals surface area contributed by atoms with Crippen molar-refractivity contribution < 1.29 is 9.59 Å². The summed E-state index contributed by atoms with van der Waals surface area (Å²) in [4.78, 5) is 34.5. The maximum atomic E-state index is 13.3. The Bertz CT molecular complexity index is 1050. The van der Waals surface area contributed by atoms with E-state index in [4.69, 9.17) is 0 Å². The fourth-order valence-electron chi connectivity index (χ4n) is 5.99. The van der Waals surface area contributed by atoms with Crippen LogP contribution in [0.5, 0.6) is 0 Å². The summed E-state index contributed by atoms with van der Waals surface area (Å²) in [7, 11) is 1.94. The molecule has 1 aromatic carbocycles. The number of anilines is 1. The molecule has 1 saturated carbocycles. The van der Waals surface area contributed by atoms with Gasteiger partial charge in [0.05, 0.1) is 6.04 Å². The molecule has 1 unspecified atom stereocenters. The Morgan fingerprint density at radius 1 is 1.03 bits per heavy atom. The van der Waals surface area contributed by atoms with Gasteiger partial charge in [-0.25, -0.2) is 0 Å². The van der Waals surface area contributed by atoms with Crippen LogP contribution in [0.1, 0.15) is 78.2 Å². The first-order valence-corrected chi connectivity index (χ1v) is 12.9. The minimum absolute atomic E-state index is 0.0890. The SMILES string of the molecule is Cc1cc(N2CCC(N(C)C(=O)c3ccc4c(c3)CCC4NC(=O)C3CCCC3)CC2)ccn1. The minimum atomic E-state index is 0.0890. The summed E-state index contributed by atoms with van der Waals surface area (Å²) in [6, 6.07) is 10.6. The molecule has 6 nitrogen and oxygen atoms in total. The number of nitrogens with one attached hydrogen (secondary N) is 1. The zero-order valence-corrected chi connectivity index (χ0v) is 20.4. The third-order valence-corrected chi connectivity index (χ3v) is 8.09. The lowest BCUT2D eigenvalue weighted by molar-refractivity contribution is -0.125. The molecule has 2 amide bonds. The van der Waals surface area contributed by atoms with E-state index in [1.54, 1.807) is 0 Å². The first-order valence-electron chi connectivity index (χ1n) is 12.9. The number of aromatic nitrogens is 1. The van der Waals surface area contributed by atoms with Crippen molar-refractivity contribution in [1.82, 2.24) is 15.2 Å². The number of rotatable bonds is 5. The van der Waals surface area contributed by atoms with Gasteiger partial charge in [0.1, 0.15) is 0 Å². The van der Waals surface area contributed by atoms with Gasteiger partial charge in [0.2, 0.25) is 5.91 Å². The highest BCUT2D eigenvalue weighted by Gasteiger charge is 2.30. The van der Waals surface area contributed by atoms with Crippen LogP contribution < -0.4 is 10.2 Å². The lowest BCUT2D eigenvalue weighted by atomic mass is 10.00. The number of hydrogen-bond donors (Lipinski definition) is 1. The number of benzene rings is 1. The first-order chi connectivity index (χ1) is 16.5. The predicted octanol–water partition coefficient (Wildman–Crippen LogP) is 4.42. The number of amides is 2. The monoisotopic (exact) mass is 460 g/mol. The average Bonchev–Trinajstić information content (AvgIpc) is 3.54. The topological polar surface area (TPSA) is 65.5 Å². The van der Waals surface area contributed by atoms with Crippen LogP contribution in [0.25, 0.3) is 0 Å².